The van der Waals surface area contributed by atoms with Crippen LogP contribution < -0.4 is 10.5 Å². The highest BCUT2D eigenvalue weighted by Crippen LogP contribution is 2.19. The Morgan fingerprint density at radius 2 is 2.11 bits per heavy atom. The molecule has 18 heavy (non-hydrogen) atoms. The van der Waals surface area contributed by atoms with Gasteiger partial charge in [-0.2, -0.15) is 0 Å². The Morgan fingerprint density at radius 3 is 2.56 bits per heavy atom. The Hall–Kier alpha value is -0.920. The highest BCUT2D eigenvalue weighted by molar-refractivity contribution is 7.91. The fourth-order valence-electron chi connectivity index (χ4n) is 1.37. The molecule has 0 aliphatic carbocycles. The summed E-state index contributed by atoms with van der Waals surface area (Å²) in [6.07, 6.45) is 0.966. The zero-order chi connectivity index (χ0) is 13.9. The normalized spacial score (nSPS) is 15.1. The maximum atomic E-state index is 11.9. The topological polar surface area (TPSA) is 89.3 Å². The lowest BCUT2D eigenvalue weighted by Crippen LogP contribution is -2.36. The number of amides is 1. The third kappa shape index (κ3) is 3.79. The van der Waals surface area contributed by atoms with Crippen molar-refractivity contribution >= 4 is 27.3 Å². The summed E-state index contributed by atoms with van der Waals surface area (Å²) in [4.78, 5) is 11.9. The van der Waals surface area contributed by atoms with Crippen molar-refractivity contribution in [3.8, 4) is 0 Å². The van der Waals surface area contributed by atoms with Gasteiger partial charge in [0.2, 0.25) is 10.0 Å². The predicted octanol–water partition coefficient (Wildman–Crippen LogP) is 1.56. The largest absolute Gasteiger partial charge is 0.349 e. The first kappa shape index (κ1) is 15.1. The second kappa shape index (κ2) is 5.81. The highest BCUT2D eigenvalue weighted by Gasteiger charge is 2.18. The summed E-state index contributed by atoms with van der Waals surface area (Å²) in [5, 5.41) is 9.33. The molecule has 0 spiro atoms. The van der Waals surface area contributed by atoms with E-state index in [1.54, 1.807) is 0 Å². The molecule has 0 bridgehead atoms. The lowest BCUT2D eigenvalue weighted by Gasteiger charge is -2.19. The molecule has 1 rings (SSSR count). The van der Waals surface area contributed by atoms with Crippen LogP contribution in [-0.4, -0.2) is 20.4 Å². The first-order valence-electron chi connectivity index (χ1n) is 5.68. The zero-order valence-corrected chi connectivity index (χ0v) is 12.3. The van der Waals surface area contributed by atoms with E-state index in [0.29, 0.717) is 11.5 Å². The number of hydrogen-bond acceptors (Lipinski definition) is 4. The van der Waals surface area contributed by atoms with Crippen molar-refractivity contribution in [2.45, 2.75) is 37.4 Å². The minimum absolute atomic E-state index is 0.00356. The smallest absolute Gasteiger partial charge is 0.252 e. The average Bonchev–Trinajstić information content (AvgIpc) is 2.76. The quantitative estimate of drug-likeness (QED) is 0.862. The fourth-order valence-corrected chi connectivity index (χ4v) is 2.96. The van der Waals surface area contributed by atoms with Gasteiger partial charge >= 0.3 is 0 Å². The molecule has 1 aromatic heterocycles. The van der Waals surface area contributed by atoms with E-state index in [4.69, 9.17) is 5.14 Å². The van der Waals surface area contributed by atoms with Gasteiger partial charge in [-0.25, -0.2) is 13.6 Å². The van der Waals surface area contributed by atoms with Crippen LogP contribution in [0.2, 0.25) is 0 Å². The lowest BCUT2D eigenvalue weighted by molar-refractivity contribution is 0.0928. The van der Waals surface area contributed by atoms with Crippen molar-refractivity contribution in [3.05, 3.63) is 17.0 Å². The molecular formula is C11H18N2O3S2. The van der Waals surface area contributed by atoms with Crippen molar-refractivity contribution in [3.63, 3.8) is 0 Å². The molecule has 2 atom stereocenters. The molecule has 0 aliphatic rings. The molecule has 0 radical (unpaired) electrons. The van der Waals surface area contributed by atoms with Gasteiger partial charge in [-0.3, -0.25) is 4.79 Å². The van der Waals surface area contributed by atoms with Gasteiger partial charge in [0.05, 0.1) is 5.56 Å². The summed E-state index contributed by atoms with van der Waals surface area (Å²) < 4.78 is 22.2. The van der Waals surface area contributed by atoms with E-state index in [-0.39, 0.29) is 16.2 Å². The SMILES string of the molecule is CCC(C)C(C)NC(=O)c1csc(S(N)(=O)=O)c1. The second-order valence-electron chi connectivity index (χ2n) is 4.35. The van der Waals surface area contributed by atoms with Gasteiger partial charge in [0.1, 0.15) is 4.21 Å². The maximum Gasteiger partial charge on any atom is 0.252 e. The Bertz CT molecular complexity index is 522. The number of nitrogens with one attached hydrogen (secondary N) is 1. The minimum Gasteiger partial charge on any atom is -0.349 e. The van der Waals surface area contributed by atoms with Crippen molar-refractivity contribution in [2.24, 2.45) is 11.1 Å². The van der Waals surface area contributed by atoms with Crippen molar-refractivity contribution in [2.75, 3.05) is 0 Å². The second-order valence-corrected chi connectivity index (χ2v) is 7.05. The molecule has 0 aromatic carbocycles. The number of thiophene rings is 1. The fraction of sp³-hybridized carbons (Fsp3) is 0.545. The van der Waals surface area contributed by atoms with Crippen LogP contribution in [0.1, 0.15) is 37.6 Å². The number of nitrogens with two attached hydrogens (primary N) is 1. The van der Waals surface area contributed by atoms with Gasteiger partial charge < -0.3 is 5.32 Å². The van der Waals surface area contributed by atoms with Crippen LogP contribution in [0.5, 0.6) is 0 Å². The van der Waals surface area contributed by atoms with E-state index < -0.39 is 10.0 Å². The molecule has 0 saturated carbocycles. The van der Waals surface area contributed by atoms with Crippen LogP contribution in [0, 0.1) is 5.92 Å². The third-order valence-electron chi connectivity index (χ3n) is 2.97. The molecule has 5 nitrogen and oxygen atoms in total. The first-order valence-corrected chi connectivity index (χ1v) is 8.10. The van der Waals surface area contributed by atoms with Gasteiger partial charge in [0, 0.05) is 11.4 Å². The van der Waals surface area contributed by atoms with Gasteiger partial charge in [-0.15, -0.1) is 11.3 Å². The van der Waals surface area contributed by atoms with E-state index in [0.717, 1.165) is 17.8 Å². The standard InChI is InChI=1S/C11H18N2O3S2/c1-4-7(2)8(3)13-11(14)9-5-10(17-6-9)18(12,15)16/h5-8H,4H2,1-3H3,(H,13,14)(H2,12,15,16). The van der Waals surface area contributed by atoms with Gasteiger partial charge in [-0.1, -0.05) is 20.3 Å². The summed E-state index contributed by atoms with van der Waals surface area (Å²) in [6.45, 7) is 6.03. The molecule has 7 heteroatoms. The Morgan fingerprint density at radius 1 is 1.50 bits per heavy atom. The maximum absolute atomic E-state index is 11.9. The van der Waals surface area contributed by atoms with Crippen molar-refractivity contribution < 1.29 is 13.2 Å². The molecule has 102 valence electrons. The van der Waals surface area contributed by atoms with Crippen LogP contribution >= 0.6 is 11.3 Å². The number of carbonyl (C=O) groups excluding carboxylic acids is 1. The minimum atomic E-state index is -3.73. The molecule has 1 amide bonds. The van der Waals surface area contributed by atoms with Gasteiger partial charge in [0.15, 0.2) is 0 Å². The molecule has 3 N–H and O–H groups in total. The number of rotatable bonds is 5. The lowest BCUT2D eigenvalue weighted by atomic mass is 10.0. The number of sulfonamides is 1. The molecule has 1 heterocycles. The number of primary sulfonamides is 1. The van der Waals surface area contributed by atoms with E-state index in [1.165, 1.54) is 11.4 Å². The van der Waals surface area contributed by atoms with Crippen molar-refractivity contribution in [1.82, 2.24) is 5.32 Å². The summed E-state index contributed by atoms with van der Waals surface area (Å²) >= 11 is 0.952. The van der Waals surface area contributed by atoms with Crippen LogP contribution in [0.3, 0.4) is 0 Å². The van der Waals surface area contributed by atoms with E-state index >= 15 is 0 Å². The molecule has 0 fully saturated rings. The van der Waals surface area contributed by atoms with Crippen LogP contribution in [-0.2, 0) is 10.0 Å². The van der Waals surface area contributed by atoms with Gasteiger partial charge in [-0.05, 0) is 18.9 Å². The predicted molar refractivity (Wildman–Crippen MR) is 72.1 cm³/mol. The molecular weight excluding hydrogens is 272 g/mol. The van der Waals surface area contributed by atoms with Crippen LogP contribution in [0.4, 0.5) is 0 Å². The van der Waals surface area contributed by atoms with E-state index in [1.807, 2.05) is 13.8 Å². The third-order valence-corrected chi connectivity index (χ3v) is 5.36. The Balaban J connectivity index is 2.77. The Kier molecular flexibility index (Phi) is 4.89. The van der Waals surface area contributed by atoms with Crippen molar-refractivity contribution in [1.29, 1.82) is 0 Å². The van der Waals surface area contributed by atoms with E-state index in [9.17, 15) is 13.2 Å². The van der Waals surface area contributed by atoms with Crippen LogP contribution in [0.25, 0.3) is 0 Å². The monoisotopic (exact) mass is 290 g/mol. The zero-order valence-electron chi connectivity index (χ0n) is 10.6. The summed E-state index contributed by atoms with van der Waals surface area (Å²) in [7, 11) is -3.73. The molecule has 0 aliphatic heterocycles. The van der Waals surface area contributed by atoms with Crippen LogP contribution in [0.15, 0.2) is 15.7 Å². The summed E-state index contributed by atoms with van der Waals surface area (Å²) in [5.41, 5.74) is 0.333. The Labute approximate surface area is 111 Å². The first-order chi connectivity index (χ1) is 8.25. The average molecular weight is 290 g/mol. The summed E-state index contributed by atoms with van der Waals surface area (Å²) in [6, 6.07) is 1.35. The molecule has 1 aromatic rings. The summed E-state index contributed by atoms with van der Waals surface area (Å²) in [5.74, 6) is 0.0965. The number of hydrogen-bond donors (Lipinski definition) is 2. The van der Waals surface area contributed by atoms with E-state index in [2.05, 4.69) is 12.2 Å². The highest BCUT2D eigenvalue weighted by atomic mass is 32.2. The number of carbonyl (C=O) groups is 1. The molecule has 0 saturated heterocycles. The molecule has 2 unspecified atom stereocenters. The van der Waals surface area contributed by atoms with Gasteiger partial charge in [0.25, 0.3) is 5.91 Å².